The Bertz CT molecular complexity index is 408. The quantitative estimate of drug-likeness (QED) is 0.630. The first-order valence-electron chi connectivity index (χ1n) is 6.20. The third-order valence-corrected chi connectivity index (χ3v) is 4.14. The molecule has 3 nitrogen and oxygen atoms in total. The molecular formula is C14H17NO2S. The van der Waals surface area contributed by atoms with Gasteiger partial charge in [0.15, 0.2) is 5.78 Å². The average Bonchev–Trinajstić information content (AvgIpc) is 2.88. The molecule has 1 fully saturated rings. The molecule has 0 radical (unpaired) electrons. The van der Waals surface area contributed by atoms with Crippen LogP contribution < -0.4 is 4.72 Å². The Labute approximate surface area is 111 Å². The van der Waals surface area contributed by atoms with Gasteiger partial charge in [-0.2, -0.15) is 0 Å². The zero-order valence-electron chi connectivity index (χ0n) is 10.2. The summed E-state index contributed by atoms with van der Waals surface area (Å²) in [5.74, 6) is 0.714. The molecule has 96 valence electrons. The molecule has 1 aliphatic heterocycles. The van der Waals surface area contributed by atoms with Crippen LogP contribution in [0, 0.1) is 5.92 Å². The summed E-state index contributed by atoms with van der Waals surface area (Å²) in [6.45, 7) is 0. The Morgan fingerprint density at radius 1 is 1.39 bits per heavy atom. The Balaban J connectivity index is 1.76. The zero-order chi connectivity index (χ0) is 12.8. The molecule has 1 aromatic carbocycles. The maximum absolute atomic E-state index is 12.0. The van der Waals surface area contributed by atoms with Crippen LogP contribution in [0.3, 0.4) is 0 Å². The third-order valence-electron chi connectivity index (χ3n) is 3.17. The normalized spacial score (nSPS) is 22.9. The van der Waals surface area contributed by atoms with Gasteiger partial charge < -0.3 is 4.79 Å². The number of aldehydes is 1. The maximum Gasteiger partial charge on any atom is 0.151 e. The Hall–Kier alpha value is -1.13. The summed E-state index contributed by atoms with van der Waals surface area (Å²) in [5.41, 5.74) is 1.26. The Morgan fingerprint density at radius 2 is 2.17 bits per heavy atom. The van der Waals surface area contributed by atoms with Gasteiger partial charge in [-0.3, -0.25) is 9.52 Å². The first kappa shape index (κ1) is 13.3. The Morgan fingerprint density at radius 3 is 2.89 bits per heavy atom. The van der Waals surface area contributed by atoms with Gasteiger partial charge in [-0.15, -0.1) is 0 Å². The van der Waals surface area contributed by atoms with Crippen molar-refractivity contribution in [1.82, 2.24) is 4.72 Å². The third kappa shape index (κ3) is 3.43. The highest BCUT2D eigenvalue weighted by atomic mass is 32.2. The smallest absolute Gasteiger partial charge is 0.151 e. The molecule has 1 N–H and O–H groups in total. The largest absolute Gasteiger partial charge is 0.303 e. The van der Waals surface area contributed by atoms with Crippen molar-refractivity contribution in [3.05, 3.63) is 35.9 Å². The number of Topliss-reactive ketones (excluding diaryl/α,β-unsaturated/α-hetero) is 1. The van der Waals surface area contributed by atoms with Gasteiger partial charge in [0.05, 0.1) is 6.04 Å². The van der Waals surface area contributed by atoms with Crippen molar-refractivity contribution in [3.8, 4) is 0 Å². The fraction of sp³-hybridized carbons (Fsp3) is 0.429. The molecule has 4 heteroatoms. The standard InChI is InChI=1S/C14H17NO2S/c16-9-12-10-18-15-14(12)13(17)8-4-7-11-5-2-1-3-6-11/h1-3,5-6,9,12,14-15H,4,7-8,10H2/t12-,14?/m1/s1. The van der Waals surface area contributed by atoms with Crippen LogP contribution >= 0.6 is 11.9 Å². The summed E-state index contributed by atoms with van der Waals surface area (Å²) in [6.07, 6.45) is 3.19. The van der Waals surface area contributed by atoms with Crippen molar-refractivity contribution in [2.75, 3.05) is 5.75 Å². The van der Waals surface area contributed by atoms with Crippen molar-refractivity contribution in [2.24, 2.45) is 5.92 Å². The minimum absolute atomic E-state index is 0.153. The van der Waals surface area contributed by atoms with Crippen LogP contribution in [-0.2, 0) is 16.0 Å². The number of rotatable bonds is 6. The van der Waals surface area contributed by atoms with Crippen molar-refractivity contribution in [1.29, 1.82) is 0 Å². The van der Waals surface area contributed by atoms with Gasteiger partial charge in [0.2, 0.25) is 0 Å². The maximum atomic E-state index is 12.0. The van der Waals surface area contributed by atoms with Gasteiger partial charge in [0.25, 0.3) is 0 Å². The molecule has 0 bridgehead atoms. The van der Waals surface area contributed by atoms with E-state index in [-0.39, 0.29) is 17.7 Å². The van der Waals surface area contributed by atoms with E-state index >= 15 is 0 Å². The zero-order valence-corrected chi connectivity index (χ0v) is 11.0. The van der Waals surface area contributed by atoms with Crippen LogP contribution in [0.4, 0.5) is 0 Å². The molecular weight excluding hydrogens is 246 g/mol. The molecule has 2 atom stereocenters. The second kappa shape index (κ2) is 6.71. The highest BCUT2D eigenvalue weighted by Crippen LogP contribution is 2.21. The summed E-state index contributed by atoms with van der Waals surface area (Å²) < 4.78 is 3.04. The van der Waals surface area contributed by atoms with Gasteiger partial charge in [0.1, 0.15) is 6.29 Å². The lowest BCUT2D eigenvalue weighted by Crippen LogP contribution is -2.35. The fourth-order valence-corrected chi connectivity index (χ4v) is 3.15. The van der Waals surface area contributed by atoms with Gasteiger partial charge >= 0.3 is 0 Å². The first-order valence-corrected chi connectivity index (χ1v) is 7.19. The van der Waals surface area contributed by atoms with E-state index in [1.54, 1.807) is 0 Å². The van der Waals surface area contributed by atoms with Crippen molar-refractivity contribution in [3.63, 3.8) is 0 Å². The minimum atomic E-state index is -0.275. The molecule has 2 rings (SSSR count). The van der Waals surface area contributed by atoms with Crippen LogP contribution in [0.1, 0.15) is 18.4 Å². The van der Waals surface area contributed by atoms with Gasteiger partial charge in [-0.25, -0.2) is 0 Å². The number of hydrogen-bond acceptors (Lipinski definition) is 4. The molecule has 1 saturated heterocycles. The summed E-state index contributed by atoms with van der Waals surface area (Å²) in [7, 11) is 0. The number of benzene rings is 1. The molecule has 0 aromatic heterocycles. The number of carbonyl (C=O) groups is 2. The monoisotopic (exact) mass is 263 g/mol. The molecule has 0 amide bonds. The SMILES string of the molecule is O=C[C@@H]1CSNC1C(=O)CCCc1ccccc1. The molecule has 0 spiro atoms. The van der Waals surface area contributed by atoms with E-state index in [2.05, 4.69) is 16.9 Å². The molecule has 0 saturated carbocycles. The fourth-order valence-electron chi connectivity index (χ4n) is 2.11. The van der Waals surface area contributed by atoms with E-state index in [1.165, 1.54) is 17.5 Å². The summed E-state index contributed by atoms with van der Waals surface area (Å²) in [6, 6.07) is 9.88. The predicted octanol–water partition coefficient (Wildman–Crippen LogP) is 2.01. The van der Waals surface area contributed by atoms with E-state index in [0.29, 0.717) is 12.2 Å². The number of nitrogens with one attached hydrogen (secondary N) is 1. The van der Waals surface area contributed by atoms with Crippen LogP contribution in [-0.4, -0.2) is 23.9 Å². The molecule has 1 aromatic rings. The lowest BCUT2D eigenvalue weighted by atomic mass is 9.96. The highest BCUT2D eigenvalue weighted by molar-refractivity contribution is 7.97. The number of carbonyl (C=O) groups excluding carboxylic acids is 2. The molecule has 0 aliphatic carbocycles. The van der Waals surface area contributed by atoms with E-state index < -0.39 is 0 Å². The molecule has 18 heavy (non-hydrogen) atoms. The van der Waals surface area contributed by atoms with Gasteiger partial charge in [-0.1, -0.05) is 42.3 Å². The van der Waals surface area contributed by atoms with E-state index in [4.69, 9.17) is 0 Å². The van der Waals surface area contributed by atoms with Crippen LogP contribution in [0.15, 0.2) is 30.3 Å². The van der Waals surface area contributed by atoms with Crippen molar-refractivity contribution in [2.45, 2.75) is 25.3 Å². The minimum Gasteiger partial charge on any atom is -0.303 e. The van der Waals surface area contributed by atoms with E-state index in [1.807, 2.05) is 18.2 Å². The summed E-state index contributed by atoms with van der Waals surface area (Å²) >= 11 is 1.47. The van der Waals surface area contributed by atoms with Crippen molar-refractivity contribution < 1.29 is 9.59 Å². The summed E-state index contributed by atoms with van der Waals surface area (Å²) in [5, 5.41) is 0. The lowest BCUT2D eigenvalue weighted by Gasteiger charge is -2.12. The lowest BCUT2D eigenvalue weighted by molar-refractivity contribution is -0.124. The van der Waals surface area contributed by atoms with Gasteiger partial charge in [0, 0.05) is 18.1 Å². The second-order valence-electron chi connectivity index (χ2n) is 4.51. The van der Waals surface area contributed by atoms with Crippen LogP contribution in [0.25, 0.3) is 0 Å². The van der Waals surface area contributed by atoms with Crippen molar-refractivity contribution >= 4 is 24.0 Å². The van der Waals surface area contributed by atoms with E-state index in [9.17, 15) is 9.59 Å². The predicted molar refractivity (Wildman–Crippen MR) is 73.3 cm³/mol. The molecule has 1 heterocycles. The topological polar surface area (TPSA) is 46.2 Å². The van der Waals surface area contributed by atoms with E-state index in [0.717, 1.165) is 19.1 Å². The Kier molecular flexibility index (Phi) is 4.96. The molecule has 1 aliphatic rings. The highest BCUT2D eigenvalue weighted by Gasteiger charge is 2.32. The summed E-state index contributed by atoms with van der Waals surface area (Å²) in [4.78, 5) is 22.8. The average molecular weight is 263 g/mol. The second-order valence-corrected chi connectivity index (χ2v) is 5.37. The number of ketones is 1. The van der Waals surface area contributed by atoms with Crippen LogP contribution in [0.5, 0.6) is 0 Å². The van der Waals surface area contributed by atoms with Crippen LogP contribution in [0.2, 0.25) is 0 Å². The first-order chi connectivity index (χ1) is 8.81. The molecule has 1 unspecified atom stereocenters. The number of hydrogen-bond donors (Lipinski definition) is 1. The number of aryl methyl sites for hydroxylation is 1. The van der Waals surface area contributed by atoms with Gasteiger partial charge in [-0.05, 0) is 18.4 Å².